The molecule has 0 amide bonds. The fraction of sp³-hybridized carbons (Fsp3) is 0.545. The molecule has 2 unspecified atom stereocenters. The average Bonchev–Trinajstić information content (AvgIpc) is 2.76. The Bertz CT molecular complexity index is 585. The van der Waals surface area contributed by atoms with Crippen LogP contribution in [0.4, 0.5) is 0 Å². The van der Waals surface area contributed by atoms with Crippen LogP contribution in [0.25, 0.3) is 5.65 Å². The highest BCUT2D eigenvalue weighted by molar-refractivity contribution is 5.35. The molecule has 0 spiro atoms. The van der Waals surface area contributed by atoms with E-state index in [1.54, 1.807) is 23.8 Å². The predicted octanol–water partition coefficient (Wildman–Crippen LogP) is 0.474. The Morgan fingerprint density at radius 2 is 2.12 bits per heavy atom. The van der Waals surface area contributed by atoms with Gasteiger partial charge in [0.15, 0.2) is 5.82 Å². The fourth-order valence-electron chi connectivity index (χ4n) is 1.72. The van der Waals surface area contributed by atoms with E-state index < -0.39 is 0 Å². The van der Waals surface area contributed by atoms with Gasteiger partial charge < -0.3 is 10.3 Å². The summed E-state index contributed by atoms with van der Waals surface area (Å²) < 4.78 is 3.15. The molecule has 0 aliphatic heterocycles. The van der Waals surface area contributed by atoms with Crippen LogP contribution in [-0.4, -0.2) is 19.2 Å². The third-order valence-corrected chi connectivity index (χ3v) is 3.23. The van der Waals surface area contributed by atoms with Crippen molar-refractivity contribution in [1.82, 2.24) is 19.2 Å². The summed E-state index contributed by atoms with van der Waals surface area (Å²) in [6, 6.07) is -0.206. The minimum absolute atomic E-state index is 0.164. The monoisotopic (exact) mass is 235 g/mol. The number of rotatable bonds is 3. The molecule has 0 saturated carbocycles. The summed E-state index contributed by atoms with van der Waals surface area (Å²) in [5.74, 6) is 0.943. The maximum absolute atomic E-state index is 11.8. The van der Waals surface area contributed by atoms with Crippen molar-refractivity contribution >= 4 is 5.65 Å². The first-order chi connectivity index (χ1) is 8.06. The van der Waals surface area contributed by atoms with Crippen LogP contribution < -0.4 is 11.3 Å². The molecule has 0 radical (unpaired) electrons. The summed E-state index contributed by atoms with van der Waals surface area (Å²) in [6.07, 6.45) is 4.42. The van der Waals surface area contributed by atoms with Crippen LogP contribution in [0.1, 0.15) is 32.1 Å². The van der Waals surface area contributed by atoms with Crippen molar-refractivity contribution in [2.45, 2.75) is 26.3 Å². The molecule has 0 fully saturated rings. The number of nitrogens with two attached hydrogens (primary N) is 1. The predicted molar refractivity (Wildman–Crippen MR) is 64.6 cm³/mol. The lowest BCUT2D eigenvalue weighted by Crippen LogP contribution is -2.23. The Kier molecular flexibility index (Phi) is 2.97. The van der Waals surface area contributed by atoms with Gasteiger partial charge in [0.25, 0.3) is 5.56 Å². The second-order valence-corrected chi connectivity index (χ2v) is 4.38. The SMILES string of the molecule is CCC(C)C(N)c1nnc2c(=O)n(C)ccn12. The first kappa shape index (κ1) is 11.8. The van der Waals surface area contributed by atoms with E-state index in [9.17, 15) is 4.79 Å². The van der Waals surface area contributed by atoms with Gasteiger partial charge in [-0.3, -0.25) is 9.20 Å². The van der Waals surface area contributed by atoms with Gasteiger partial charge in [0.05, 0.1) is 6.04 Å². The summed E-state index contributed by atoms with van der Waals surface area (Å²) in [7, 11) is 1.69. The molecule has 0 bridgehead atoms. The molecule has 0 saturated heterocycles. The highest BCUT2D eigenvalue weighted by atomic mass is 16.1. The molecular formula is C11H17N5O. The van der Waals surface area contributed by atoms with Crippen LogP contribution in [0.2, 0.25) is 0 Å². The van der Waals surface area contributed by atoms with E-state index in [0.29, 0.717) is 17.4 Å². The zero-order chi connectivity index (χ0) is 12.6. The van der Waals surface area contributed by atoms with E-state index in [1.165, 1.54) is 4.57 Å². The van der Waals surface area contributed by atoms with Crippen LogP contribution in [0.5, 0.6) is 0 Å². The van der Waals surface area contributed by atoms with Gasteiger partial charge >= 0.3 is 0 Å². The molecule has 2 atom stereocenters. The van der Waals surface area contributed by atoms with Crippen molar-refractivity contribution < 1.29 is 0 Å². The minimum atomic E-state index is -0.206. The van der Waals surface area contributed by atoms with E-state index in [1.807, 2.05) is 0 Å². The van der Waals surface area contributed by atoms with Crippen molar-refractivity contribution in [2.75, 3.05) is 0 Å². The number of aryl methyl sites for hydroxylation is 1. The van der Waals surface area contributed by atoms with E-state index in [4.69, 9.17) is 5.73 Å². The van der Waals surface area contributed by atoms with Gasteiger partial charge in [-0.15, -0.1) is 10.2 Å². The van der Waals surface area contributed by atoms with Crippen LogP contribution in [0.3, 0.4) is 0 Å². The second-order valence-electron chi connectivity index (χ2n) is 4.38. The Morgan fingerprint density at radius 3 is 2.76 bits per heavy atom. The third-order valence-electron chi connectivity index (χ3n) is 3.23. The van der Waals surface area contributed by atoms with Crippen molar-refractivity contribution in [2.24, 2.45) is 18.7 Å². The summed E-state index contributed by atoms with van der Waals surface area (Å²) in [4.78, 5) is 11.8. The van der Waals surface area contributed by atoms with Gasteiger partial charge in [0.2, 0.25) is 5.65 Å². The Hall–Kier alpha value is -1.69. The van der Waals surface area contributed by atoms with E-state index in [-0.39, 0.29) is 11.6 Å². The number of fused-ring (bicyclic) bond motifs is 1. The number of nitrogens with zero attached hydrogens (tertiary/aromatic N) is 4. The van der Waals surface area contributed by atoms with E-state index >= 15 is 0 Å². The van der Waals surface area contributed by atoms with Gasteiger partial charge in [-0.05, 0) is 5.92 Å². The Morgan fingerprint density at radius 1 is 1.41 bits per heavy atom. The fourth-order valence-corrected chi connectivity index (χ4v) is 1.72. The molecule has 0 aromatic carbocycles. The van der Waals surface area contributed by atoms with E-state index in [2.05, 4.69) is 24.0 Å². The topological polar surface area (TPSA) is 78.2 Å². The second kappa shape index (κ2) is 4.29. The molecule has 6 nitrogen and oxygen atoms in total. The molecule has 0 aliphatic carbocycles. The van der Waals surface area contributed by atoms with Crippen LogP contribution >= 0.6 is 0 Å². The highest BCUT2D eigenvalue weighted by Crippen LogP contribution is 2.19. The van der Waals surface area contributed by atoms with Gasteiger partial charge in [-0.25, -0.2) is 0 Å². The quantitative estimate of drug-likeness (QED) is 0.839. The minimum Gasteiger partial charge on any atom is -0.321 e. The molecule has 2 aromatic rings. The summed E-state index contributed by atoms with van der Waals surface area (Å²) in [5.41, 5.74) is 6.27. The van der Waals surface area contributed by atoms with Crippen LogP contribution in [-0.2, 0) is 7.05 Å². The summed E-state index contributed by atoms with van der Waals surface area (Å²) >= 11 is 0. The lowest BCUT2D eigenvalue weighted by atomic mass is 10.00. The zero-order valence-corrected chi connectivity index (χ0v) is 10.3. The standard InChI is InChI=1S/C11H17N5O/c1-4-7(2)8(12)9-13-14-10-11(17)15(3)5-6-16(9)10/h5-8H,4,12H2,1-3H3. The molecular weight excluding hydrogens is 218 g/mol. The van der Waals surface area contributed by atoms with Crippen LogP contribution in [0, 0.1) is 5.92 Å². The third kappa shape index (κ3) is 1.84. The average molecular weight is 235 g/mol. The number of aromatic nitrogens is 4. The number of hydrogen-bond acceptors (Lipinski definition) is 4. The maximum atomic E-state index is 11.8. The van der Waals surface area contributed by atoms with Crippen molar-refractivity contribution in [3.05, 3.63) is 28.6 Å². The first-order valence-electron chi connectivity index (χ1n) is 5.72. The molecule has 0 aliphatic rings. The highest BCUT2D eigenvalue weighted by Gasteiger charge is 2.20. The number of hydrogen-bond donors (Lipinski definition) is 1. The first-order valence-corrected chi connectivity index (χ1v) is 5.72. The summed E-state index contributed by atoms with van der Waals surface area (Å²) in [5, 5.41) is 7.96. The van der Waals surface area contributed by atoms with Crippen LogP contribution in [0.15, 0.2) is 17.2 Å². The van der Waals surface area contributed by atoms with Crippen molar-refractivity contribution in [3.8, 4) is 0 Å². The largest absolute Gasteiger partial charge is 0.321 e. The zero-order valence-electron chi connectivity index (χ0n) is 10.3. The summed E-state index contributed by atoms with van der Waals surface area (Å²) in [6.45, 7) is 4.14. The molecule has 92 valence electrons. The van der Waals surface area contributed by atoms with Gasteiger partial charge in [0, 0.05) is 19.4 Å². The molecule has 6 heteroatoms. The van der Waals surface area contributed by atoms with Gasteiger partial charge in [0.1, 0.15) is 0 Å². The van der Waals surface area contributed by atoms with Gasteiger partial charge in [-0.2, -0.15) is 0 Å². The maximum Gasteiger partial charge on any atom is 0.295 e. The lowest BCUT2D eigenvalue weighted by molar-refractivity contribution is 0.436. The smallest absolute Gasteiger partial charge is 0.295 e. The van der Waals surface area contributed by atoms with E-state index in [0.717, 1.165) is 6.42 Å². The van der Waals surface area contributed by atoms with Crippen molar-refractivity contribution in [3.63, 3.8) is 0 Å². The Labute approximate surface area is 99.1 Å². The molecule has 2 rings (SSSR count). The normalized spacial score (nSPS) is 15.1. The molecule has 2 aromatic heterocycles. The molecule has 2 heterocycles. The molecule has 2 N–H and O–H groups in total. The molecule has 17 heavy (non-hydrogen) atoms. The lowest BCUT2D eigenvalue weighted by Gasteiger charge is -2.16. The van der Waals surface area contributed by atoms with Crippen molar-refractivity contribution in [1.29, 1.82) is 0 Å². The Balaban J connectivity index is 2.58. The van der Waals surface area contributed by atoms with Gasteiger partial charge in [-0.1, -0.05) is 20.3 Å².